The number of hydrogen-bond donors (Lipinski definition) is 1. The van der Waals surface area contributed by atoms with Crippen LogP contribution in [0.25, 0.3) is 0 Å². The largest absolute Gasteiger partial charge is 0.377 e. The Kier molecular flexibility index (Phi) is 5.56. The number of hydrogen-bond acceptors (Lipinski definition) is 3. The summed E-state index contributed by atoms with van der Waals surface area (Å²) in [6.07, 6.45) is 2.79. The monoisotopic (exact) mass is 276 g/mol. The van der Waals surface area contributed by atoms with Crippen LogP contribution in [0.5, 0.6) is 0 Å². The van der Waals surface area contributed by atoms with Gasteiger partial charge in [0.15, 0.2) is 0 Å². The summed E-state index contributed by atoms with van der Waals surface area (Å²) in [5.74, 6) is 0.0401. The summed E-state index contributed by atoms with van der Waals surface area (Å²) < 4.78 is 5.63. The van der Waals surface area contributed by atoms with Gasteiger partial charge in [0.2, 0.25) is 5.91 Å². The molecule has 4 nitrogen and oxygen atoms in total. The van der Waals surface area contributed by atoms with Crippen LogP contribution in [0.2, 0.25) is 0 Å². The first-order valence-electron chi connectivity index (χ1n) is 7.40. The standard InChI is InChI=1S/C16H24N2O2/c1-2-20-14-9-6-10-18(12-14)16(19)15(17)11-13-7-4-3-5-8-13/h3-5,7-8,14-15H,2,6,9-12,17H2,1H3. The SMILES string of the molecule is CCOC1CCCN(C(=O)C(N)Cc2ccccc2)C1. The molecule has 1 aliphatic heterocycles. The zero-order valence-corrected chi connectivity index (χ0v) is 12.1. The molecular weight excluding hydrogens is 252 g/mol. The number of piperidine rings is 1. The number of nitrogens with two attached hydrogens (primary N) is 1. The molecule has 1 amide bonds. The van der Waals surface area contributed by atoms with E-state index in [1.807, 2.05) is 42.2 Å². The third-order valence-corrected chi connectivity index (χ3v) is 3.71. The first kappa shape index (κ1) is 15.0. The van der Waals surface area contributed by atoms with Gasteiger partial charge in [0.25, 0.3) is 0 Å². The van der Waals surface area contributed by atoms with E-state index >= 15 is 0 Å². The van der Waals surface area contributed by atoms with Gasteiger partial charge in [-0.25, -0.2) is 0 Å². The minimum atomic E-state index is -0.460. The lowest BCUT2D eigenvalue weighted by Gasteiger charge is -2.34. The van der Waals surface area contributed by atoms with Crippen molar-refractivity contribution < 1.29 is 9.53 Å². The zero-order chi connectivity index (χ0) is 14.4. The molecule has 0 saturated carbocycles. The van der Waals surface area contributed by atoms with Crippen molar-refractivity contribution >= 4 is 5.91 Å². The Morgan fingerprint density at radius 2 is 2.20 bits per heavy atom. The zero-order valence-electron chi connectivity index (χ0n) is 12.1. The summed E-state index contributed by atoms with van der Waals surface area (Å²) >= 11 is 0. The van der Waals surface area contributed by atoms with Crippen molar-refractivity contribution in [2.24, 2.45) is 5.73 Å². The van der Waals surface area contributed by atoms with Crippen molar-refractivity contribution in [2.45, 2.75) is 38.3 Å². The second-order valence-electron chi connectivity index (χ2n) is 5.30. The second-order valence-corrected chi connectivity index (χ2v) is 5.30. The summed E-state index contributed by atoms with van der Waals surface area (Å²) in [5, 5.41) is 0. The summed E-state index contributed by atoms with van der Waals surface area (Å²) in [6.45, 7) is 4.16. The van der Waals surface area contributed by atoms with Gasteiger partial charge in [0.1, 0.15) is 0 Å². The van der Waals surface area contributed by atoms with E-state index in [0.29, 0.717) is 19.6 Å². The lowest BCUT2D eigenvalue weighted by molar-refractivity contribution is -0.136. The van der Waals surface area contributed by atoms with E-state index in [1.165, 1.54) is 0 Å². The predicted molar refractivity (Wildman–Crippen MR) is 79.3 cm³/mol. The van der Waals surface area contributed by atoms with Gasteiger partial charge in [-0.15, -0.1) is 0 Å². The van der Waals surface area contributed by atoms with Crippen molar-refractivity contribution in [3.05, 3.63) is 35.9 Å². The van der Waals surface area contributed by atoms with Crippen molar-refractivity contribution in [2.75, 3.05) is 19.7 Å². The topological polar surface area (TPSA) is 55.6 Å². The van der Waals surface area contributed by atoms with Crippen LogP contribution in [0.15, 0.2) is 30.3 Å². The van der Waals surface area contributed by atoms with Crippen LogP contribution < -0.4 is 5.73 Å². The molecule has 1 aliphatic rings. The molecule has 1 aromatic carbocycles. The van der Waals surface area contributed by atoms with Crippen LogP contribution in [-0.2, 0) is 16.0 Å². The van der Waals surface area contributed by atoms with E-state index in [0.717, 1.165) is 24.9 Å². The predicted octanol–water partition coefficient (Wildman–Crippen LogP) is 1.58. The Balaban J connectivity index is 1.89. The fourth-order valence-electron chi connectivity index (χ4n) is 2.70. The number of benzene rings is 1. The summed E-state index contributed by atoms with van der Waals surface area (Å²) in [4.78, 5) is 14.3. The van der Waals surface area contributed by atoms with Crippen LogP contribution in [0.4, 0.5) is 0 Å². The van der Waals surface area contributed by atoms with Crippen molar-refractivity contribution in [1.29, 1.82) is 0 Å². The maximum Gasteiger partial charge on any atom is 0.239 e. The number of carbonyl (C=O) groups is 1. The van der Waals surface area contributed by atoms with Gasteiger partial charge in [0.05, 0.1) is 12.1 Å². The van der Waals surface area contributed by atoms with Crippen LogP contribution in [0.3, 0.4) is 0 Å². The van der Waals surface area contributed by atoms with Crippen LogP contribution >= 0.6 is 0 Å². The van der Waals surface area contributed by atoms with Gasteiger partial charge >= 0.3 is 0 Å². The lowest BCUT2D eigenvalue weighted by atomic mass is 10.0. The van der Waals surface area contributed by atoms with E-state index in [-0.39, 0.29) is 12.0 Å². The van der Waals surface area contributed by atoms with E-state index in [9.17, 15) is 4.79 Å². The fourth-order valence-corrected chi connectivity index (χ4v) is 2.70. The highest BCUT2D eigenvalue weighted by Gasteiger charge is 2.27. The van der Waals surface area contributed by atoms with Crippen LogP contribution in [0, 0.1) is 0 Å². The second kappa shape index (κ2) is 7.41. The third kappa shape index (κ3) is 4.05. The highest BCUT2D eigenvalue weighted by Crippen LogP contribution is 2.15. The molecule has 1 saturated heterocycles. The molecule has 0 bridgehead atoms. The van der Waals surface area contributed by atoms with Crippen molar-refractivity contribution in [1.82, 2.24) is 4.90 Å². The summed E-state index contributed by atoms with van der Waals surface area (Å²) in [6, 6.07) is 9.46. The first-order chi connectivity index (χ1) is 9.70. The molecule has 1 heterocycles. The van der Waals surface area contributed by atoms with Gasteiger partial charge in [-0.3, -0.25) is 4.79 Å². The Morgan fingerprint density at radius 1 is 1.45 bits per heavy atom. The molecule has 4 heteroatoms. The number of nitrogens with zero attached hydrogens (tertiary/aromatic N) is 1. The van der Waals surface area contributed by atoms with E-state index in [4.69, 9.17) is 10.5 Å². The first-order valence-corrected chi connectivity index (χ1v) is 7.40. The summed E-state index contributed by atoms with van der Waals surface area (Å²) in [5.41, 5.74) is 7.17. The van der Waals surface area contributed by atoms with Crippen molar-refractivity contribution in [3.8, 4) is 0 Å². The average molecular weight is 276 g/mol. The number of carbonyl (C=O) groups excluding carboxylic acids is 1. The maximum atomic E-state index is 12.4. The molecule has 0 spiro atoms. The molecule has 0 radical (unpaired) electrons. The molecule has 1 fully saturated rings. The minimum Gasteiger partial charge on any atom is -0.377 e. The number of likely N-dealkylation sites (tertiary alicyclic amines) is 1. The maximum absolute atomic E-state index is 12.4. The fraction of sp³-hybridized carbons (Fsp3) is 0.562. The Morgan fingerprint density at radius 3 is 2.90 bits per heavy atom. The molecule has 2 unspecified atom stereocenters. The van der Waals surface area contributed by atoms with Gasteiger partial charge in [-0.05, 0) is 31.7 Å². The molecule has 20 heavy (non-hydrogen) atoms. The van der Waals surface area contributed by atoms with Crippen LogP contribution in [0.1, 0.15) is 25.3 Å². The molecule has 1 aromatic rings. The number of amides is 1. The molecule has 0 aliphatic carbocycles. The summed E-state index contributed by atoms with van der Waals surface area (Å²) in [7, 11) is 0. The average Bonchev–Trinajstić information content (AvgIpc) is 2.48. The highest BCUT2D eigenvalue weighted by atomic mass is 16.5. The molecule has 110 valence electrons. The normalized spacial score (nSPS) is 20.7. The molecule has 2 N–H and O–H groups in total. The van der Waals surface area contributed by atoms with E-state index < -0.39 is 6.04 Å². The van der Waals surface area contributed by atoms with E-state index in [1.54, 1.807) is 0 Å². The number of ether oxygens (including phenoxy) is 1. The molecule has 0 aromatic heterocycles. The molecular formula is C16H24N2O2. The Labute approximate surface area is 120 Å². The highest BCUT2D eigenvalue weighted by molar-refractivity contribution is 5.82. The van der Waals surface area contributed by atoms with Crippen molar-refractivity contribution in [3.63, 3.8) is 0 Å². The quantitative estimate of drug-likeness (QED) is 0.888. The third-order valence-electron chi connectivity index (χ3n) is 3.71. The lowest BCUT2D eigenvalue weighted by Crippen LogP contribution is -2.50. The van der Waals surface area contributed by atoms with Gasteiger partial charge < -0.3 is 15.4 Å². The molecule has 2 atom stereocenters. The van der Waals surface area contributed by atoms with Crippen LogP contribution in [-0.4, -0.2) is 42.6 Å². The van der Waals surface area contributed by atoms with Gasteiger partial charge in [0, 0.05) is 19.7 Å². The Hall–Kier alpha value is -1.39. The van der Waals surface area contributed by atoms with E-state index in [2.05, 4.69) is 0 Å². The smallest absolute Gasteiger partial charge is 0.239 e. The minimum absolute atomic E-state index is 0.0401. The number of rotatable bonds is 5. The Bertz CT molecular complexity index is 420. The molecule has 2 rings (SSSR count). The van der Waals surface area contributed by atoms with Gasteiger partial charge in [-0.2, -0.15) is 0 Å². The van der Waals surface area contributed by atoms with Gasteiger partial charge in [-0.1, -0.05) is 30.3 Å².